The Hall–Kier alpha value is -3.54. The summed E-state index contributed by atoms with van der Waals surface area (Å²) in [5.41, 5.74) is -3.83. The summed E-state index contributed by atoms with van der Waals surface area (Å²) in [6.07, 6.45) is -9.83. The molecule has 0 spiro atoms. The molecule has 1 aliphatic rings. The maximum absolute atomic E-state index is 13.9. The molecule has 1 aromatic heterocycles. The van der Waals surface area contributed by atoms with Crippen molar-refractivity contribution in [2.45, 2.75) is 37.0 Å². The minimum absolute atomic E-state index is 0.00299. The van der Waals surface area contributed by atoms with Crippen LogP contribution in [0.15, 0.2) is 42.5 Å². The molecule has 2 heterocycles. The van der Waals surface area contributed by atoms with Gasteiger partial charge in [-0.15, -0.1) is 11.3 Å². The van der Waals surface area contributed by atoms with Crippen LogP contribution in [0.2, 0.25) is 5.02 Å². The van der Waals surface area contributed by atoms with Gasteiger partial charge >= 0.3 is 24.3 Å². The van der Waals surface area contributed by atoms with Crippen LogP contribution in [0.5, 0.6) is 5.75 Å². The molecule has 1 saturated heterocycles. The maximum Gasteiger partial charge on any atom is 0.416 e. The highest BCUT2D eigenvalue weighted by atomic mass is 35.5. The first-order valence-corrected chi connectivity index (χ1v) is 15.7. The summed E-state index contributed by atoms with van der Waals surface area (Å²) < 4.78 is 115. The molecule has 244 valence electrons. The van der Waals surface area contributed by atoms with Crippen molar-refractivity contribution >= 4 is 50.6 Å². The van der Waals surface area contributed by atoms with Gasteiger partial charge in [0.2, 0.25) is 10.0 Å². The SMILES string of the molecule is O=C(O)COc1c(C(=O)O)sc(-c2cccc(N(C3CCNCC3)S(=O)(=O)Cc3cc(C(F)(F)F)cc(C(F)(F)F)c3)c2)c1Cl. The Morgan fingerprint density at radius 2 is 1.60 bits per heavy atom. The zero-order chi connectivity index (χ0) is 33.3. The van der Waals surface area contributed by atoms with Crippen molar-refractivity contribution in [2.24, 2.45) is 0 Å². The van der Waals surface area contributed by atoms with Gasteiger partial charge in [-0.3, -0.25) is 4.31 Å². The maximum atomic E-state index is 13.9. The molecule has 3 N–H and O–H groups in total. The zero-order valence-electron chi connectivity index (χ0n) is 22.7. The van der Waals surface area contributed by atoms with Gasteiger partial charge < -0.3 is 20.3 Å². The summed E-state index contributed by atoms with van der Waals surface area (Å²) in [6.45, 7) is -0.147. The highest BCUT2D eigenvalue weighted by Gasteiger charge is 2.38. The quantitative estimate of drug-likeness (QED) is 0.208. The van der Waals surface area contributed by atoms with Crippen molar-refractivity contribution in [3.05, 3.63) is 69.1 Å². The average molecular weight is 701 g/mol. The summed E-state index contributed by atoms with van der Waals surface area (Å²) in [7, 11) is -4.64. The first kappa shape index (κ1) is 34.3. The number of rotatable bonds is 10. The number of nitrogens with zero attached hydrogens (tertiary/aromatic N) is 1. The second-order valence-corrected chi connectivity index (χ2v) is 13.1. The Labute approximate surface area is 261 Å². The van der Waals surface area contributed by atoms with E-state index in [0.29, 0.717) is 36.6 Å². The predicted octanol–water partition coefficient (Wildman–Crippen LogP) is 6.36. The van der Waals surface area contributed by atoms with Gasteiger partial charge in [-0.1, -0.05) is 23.7 Å². The van der Waals surface area contributed by atoms with Gasteiger partial charge in [0, 0.05) is 6.04 Å². The van der Waals surface area contributed by atoms with Crippen LogP contribution in [0, 0.1) is 0 Å². The molecule has 0 saturated carbocycles. The number of nitrogens with one attached hydrogen (secondary N) is 1. The van der Waals surface area contributed by atoms with Gasteiger partial charge in [0.25, 0.3) is 0 Å². The van der Waals surface area contributed by atoms with E-state index in [1.54, 1.807) is 0 Å². The number of piperidine rings is 1. The number of halogens is 7. The van der Waals surface area contributed by atoms with Gasteiger partial charge in [0.05, 0.1) is 27.4 Å². The molecule has 0 amide bonds. The van der Waals surface area contributed by atoms with Gasteiger partial charge in [-0.25, -0.2) is 18.0 Å². The van der Waals surface area contributed by atoms with E-state index in [1.165, 1.54) is 24.3 Å². The Morgan fingerprint density at radius 3 is 2.13 bits per heavy atom. The Kier molecular flexibility index (Phi) is 9.96. The lowest BCUT2D eigenvalue weighted by Crippen LogP contribution is -2.46. The molecule has 0 atom stereocenters. The molecule has 1 aliphatic heterocycles. The molecule has 2 aromatic carbocycles. The number of thiophene rings is 1. The first-order valence-electron chi connectivity index (χ1n) is 12.9. The van der Waals surface area contributed by atoms with E-state index in [9.17, 15) is 49.5 Å². The zero-order valence-corrected chi connectivity index (χ0v) is 25.1. The van der Waals surface area contributed by atoms with E-state index in [2.05, 4.69) is 5.32 Å². The largest absolute Gasteiger partial charge is 0.479 e. The Morgan fingerprint density at radius 1 is 1.00 bits per heavy atom. The highest BCUT2D eigenvalue weighted by molar-refractivity contribution is 7.92. The average Bonchev–Trinajstić information content (AvgIpc) is 3.27. The molecule has 0 bridgehead atoms. The summed E-state index contributed by atoms with van der Waals surface area (Å²) in [4.78, 5) is 22.5. The Bertz CT molecular complexity index is 1670. The number of ether oxygens (including phenoxy) is 1. The number of carboxylic acids is 2. The smallest absolute Gasteiger partial charge is 0.416 e. The number of carboxylic acid groups (broad SMARTS) is 2. The first-order chi connectivity index (χ1) is 20.9. The second-order valence-electron chi connectivity index (χ2n) is 9.89. The summed E-state index contributed by atoms with van der Waals surface area (Å²) >= 11 is 7.01. The minimum Gasteiger partial charge on any atom is -0.479 e. The molecule has 45 heavy (non-hydrogen) atoms. The number of hydrogen-bond acceptors (Lipinski definition) is 7. The molecule has 9 nitrogen and oxygen atoms in total. The topological polar surface area (TPSA) is 133 Å². The van der Waals surface area contributed by atoms with Crippen molar-refractivity contribution in [2.75, 3.05) is 24.0 Å². The van der Waals surface area contributed by atoms with E-state index < -0.39 is 80.0 Å². The lowest BCUT2D eigenvalue weighted by molar-refractivity contribution is -0.143. The van der Waals surface area contributed by atoms with Crippen LogP contribution in [-0.2, 0) is 32.9 Å². The van der Waals surface area contributed by atoms with E-state index in [4.69, 9.17) is 21.4 Å². The van der Waals surface area contributed by atoms with Crippen LogP contribution in [0.4, 0.5) is 32.0 Å². The fraction of sp³-hybridized carbons (Fsp3) is 0.333. The lowest BCUT2D eigenvalue weighted by atomic mass is 10.1. The third-order valence-corrected chi connectivity index (χ3v) is 10.1. The third kappa shape index (κ3) is 8.01. The Balaban J connectivity index is 1.81. The van der Waals surface area contributed by atoms with Crippen LogP contribution in [-0.4, -0.2) is 56.3 Å². The summed E-state index contributed by atoms with van der Waals surface area (Å²) in [5.74, 6) is -4.47. The third-order valence-electron chi connectivity index (χ3n) is 6.64. The fourth-order valence-electron chi connectivity index (χ4n) is 4.79. The molecule has 18 heteroatoms. The van der Waals surface area contributed by atoms with Gasteiger partial charge in [0.1, 0.15) is 5.02 Å². The molecular weight excluding hydrogens is 678 g/mol. The molecule has 0 radical (unpaired) electrons. The molecule has 4 rings (SSSR count). The monoisotopic (exact) mass is 700 g/mol. The van der Waals surface area contributed by atoms with Gasteiger partial charge in [-0.05, 0) is 67.4 Å². The van der Waals surface area contributed by atoms with E-state index in [1.807, 2.05) is 0 Å². The number of anilines is 1. The fourth-order valence-corrected chi connectivity index (χ4v) is 8.02. The number of sulfonamides is 1. The van der Waals surface area contributed by atoms with Crippen molar-refractivity contribution in [3.63, 3.8) is 0 Å². The van der Waals surface area contributed by atoms with Crippen molar-refractivity contribution in [3.8, 4) is 16.2 Å². The number of alkyl halides is 6. The number of carbonyl (C=O) groups is 2. The molecule has 3 aromatic rings. The van der Waals surface area contributed by atoms with Crippen LogP contribution in [0.3, 0.4) is 0 Å². The van der Waals surface area contributed by atoms with Crippen LogP contribution >= 0.6 is 22.9 Å². The molecular formula is C27H23ClF6N2O7S2. The number of aromatic carboxylic acids is 1. The number of aliphatic carboxylic acids is 1. The van der Waals surface area contributed by atoms with Crippen LogP contribution < -0.4 is 14.4 Å². The van der Waals surface area contributed by atoms with Gasteiger partial charge in [-0.2, -0.15) is 26.3 Å². The second kappa shape index (κ2) is 13.1. The number of hydrogen-bond donors (Lipinski definition) is 3. The van der Waals surface area contributed by atoms with Crippen LogP contribution in [0.25, 0.3) is 10.4 Å². The normalized spacial score (nSPS) is 14.7. The lowest BCUT2D eigenvalue weighted by Gasteiger charge is -2.35. The number of benzene rings is 2. The summed E-state index contributed by atoms with van der Waals surface area (Å²) in [6, 6.07) is 5.48. The predicted molar refractivity (Wildman–Crippen MR) is 152 cm³/mol. The van der Waals surface area contributed by atoms with E-state index >= 15 is 0 Å². The van der Waals surface area contributed by atoms with Gasteiger partial charge in [0.15, 0.2) is 17.2 Å². The molecule has 0 unspecified atom stereocenters. The standard InChI is InChI=1S/C27H23ClF6N2O7S2/c28-21-22(43-12-20(37)38)24(25(39)40)44-23(21)15-2-1-3-19(10-15)36(18-4-6-35-7-5-18)45(41,42)13-14-8-16(26(29,30)31)11-17(9-14)27(32,33)34/h1-3,8-11,18,35H,4-7,12-13H2,(H,37,38)(H,39,40). The van der Waals surface area contributed by atoms with Crippen molar-refractivity contribution in [1.82, 2.24) is 5.32 Å². The highest BCUT2D eigenvalue weighted by Crippen LogP contribution is 2.46. The van der Waals surface area contributed by atoms with Crippen molar-refractivity contribution < 1.29 is 59.3 Å². The van der Waals surface area contributed by atoms with E-state index in [0.717, 1.165) is 4.31 Å². The molecule has 1 fully saturated rings. The van der Waals surface area contributed by atoms with Crippen molar-refractivity contribution in [1.29, 1.82) is 0 Å². The summed E-state index contributed by atoms with van der Waals surface area (Å²) in [5, 5.41) is 21.3. The minimum atomic E-state index is -5.18. The van der Waals surface area contributed by atoms with Crippen LogP contribution in [0.1, 0.15) is 39.2 Å². The molecule has 0 aliphatic carbocycles. The van der Waals surface area contributed by atoms with E-state index in [-0.39, 0.29) is 40.1 Å².